The topological polar surface area (TPSA) is 21.6 Å². The number of benzene rings is 1. The van der Waals surface area contributed by atoms with Crippen LogP contribution in [0.3, 0.4) is 0 Å². The van der Waals surface area contributed by atoms with Gasteiger partial charge in [0.1, 0.15) is 11.4 Å². The van der Waals surface area contributed by atoms with E-state index in [0.29, 0.717) is 6.61 Å². The van der Waals surface area contributed by atoms with Crippen molar-refractivity contribution < 1.29 is 9.13 Å². The van der Waals surface area contributed by atoms with Gasteiger partial charge in [0.25, 0.3) is 0 Å². The van der Waals surface area contributed by atoms with Crippen LogP contribution in [0.25, 0.3) is 0 Å². The quantitative estimate of drug-likeness (QED) is 0.816. The molecule has 0 aliphatic heterocycles. The van der Waals surface area contributed by atoms with Gasteiger partial charge in [0.2, 0.25) is 0 Å². The highest BCUT2D eigenvalue weighted by molar-refractivity contribution is 7.47. The predicted molar refractivity (Wildman–Crippen MR) is 60.4 cm³/mol. The highest BCUT2D eigenvalue weighted by Crippen LogP contribution is 2.28. The van der Waals surface area contributed by atoms with E-state index < -0.39 is 11.4 Å². The van der Waals surface area contributed by atoms with Gasteiger partial charge in [-0.2, -0.15) is 0 Å². The van der Waals surface area contributed by atoms with Crippen LogP contribution in [0.2, 0.25) is 5.02 Å². The number of nitrogens with zero attached hydrogens (tertiary/aromatic N) is 1. The van der Waals surface area contributed by atoms with Crippen molar-refractivity contribution in [1.29, 1.82) is 0 Å². The molecule has 1 atom stereocenters. The highest BCUT2D eigenvalue weighted by atomic mass is 35.5. The maximum Gasteiger partial charge on any atom is 0.141 e. The van der Waals surface area contributed by atoms with Gasteiger partial charge >= 0.3 is 0 Å². The lowest BCUT2D eigenvalue weighted by atomic mass is 9.94. The molecule has 0 aliphatic rings. The maximum absolute atomic E-state index is 13.0. The van der Waals surface area contributed by atoms with Crippen LogP contribution in [0.1, 0.15) is 12.5 Å². The van der Waals surface area contributed by atoms with Crippen molar-refractivity contribution in [2.24, 2.45) is 4.36 Å². The Morgan fingerprint density at radius 3 is 2.73 bits per heavy atom. The summed E-state index contributed by atoms with van der Waals surface area (Å²) in [4.78, 5) is 0. The van der Waals surface area contributed by atoms with E-state index in [9.17, 15) is 4.39 Å². The fourth-order valence-electron chi connectivity index (χ4n) is 1.27. The molecule has 0 saturated heterocycles. The SMILES string of the molecule is COCC(C)(N=S)c1ccc(F)c(Cl)c1. The fraction of sp³-hybridized carbons (Fsp3) is 0.400. The molecule has 0 heterocycles. The zero-order chi connectivity index (χ0) is 11.5. The average Bonchev–Trinajstić information content (AvgIpc) is 2.22. The summed E-state index contributed by atoms with van der Waals surface area (Å²) in [5.74, 6) is -0.454. The summed E-state index contributed by atoms with van der Waals surface area (Å²) in [6, 6.07) is 4.42. The molecule has 1 aromatic rings. The second-order valence-corrected chi connectivity index (χ2v) is 4.02. The first-order valence-electron chi connectivity index (χ1n) is 4.32. The van der Waals surface area contributed by atoms with Crippen LogP contribution in [0.4, 0.5) is 4.39 Å². The van der Waals surface area contributed by atoms with Crippen LogP contribution in [-0.2, 0) is 22.7 Å². The first-order chi connectivity index (χ1) is 7.03. The van der Waals surface area contributed by atoms with Gasteiger partial charge in [-0.1, -0.05) is 17.7 Å². The zero-order valence-corrected chi connectivity index (χ0v) is 10.0. The first kappa shape index (κ1) is 12.5. The summed E-state index contributed by atoms with van der Waals surface area (Å²) in [5.41, 5.74) is 0.0762. The third kappa shape index (κ3) is 2.71. The Balaban J connectivity index is 3.12. The standard InChI is InChI=1S/C10H11ClFNOS/c1-10(13-15,6-14-2)7-3-4-9(12)8(11)5-7/h3-5H,6H2,1-2H3. The van der Waals surface area contributed by atoms with Crippen LogP contribution >= 0.6 is 11.6 Å². The lowest BCUT2D eigenvalue weighted by molar-refractivity contribution is 0.143. The molecule has 0 aromatic heterocycles. The van der Waals surface area contributed by atoms with Gasteiger partial charge in [0.05, 0.1) is 11.6 Å². The number of rotatable bonds is 4. The lowest BCUT2D eigenvalue weighted by Gasteiger charge is -2.23. The van der Waals surface area contributed by atoms with E-state index in [1.54, 1.807) is 13.2 Å². The van der Waals surface area contributed by atoms with Gasteiger partial charge in [0, 0.05) is 19.5 Å². The number of methoxy groups -OCH3 is 1. The molecule has 0 radical (unpaired) electrons. The molecule has 1 unspecified atom stereocenters. The summed E-state index contributed by atoms with van der Waals surface area (Å²) in [7, 11) is 1.56. The predicted octanol–water partition coefficient (Wildman–Crippen LogP) is 3.07. The molecular formula is C10H11ClFNOS. The van der Waals surface area contributed by atoms with E-state index in [1.807, 2.05) is 6.92 Å². The first-order valence-corrected chi connectivity index (χ1v) is 5.07. The Labute approximate surface area is 98.6 Å². The second kappa shape index (κ2) is 4.96. The third-order valence-corrected chi connectivity index (χ3v) is 2.86. The molecular weight excluding hydrogens is 237 g/mol. The lowest BCUT2D eigenvalue weighted by Crippen LogP contribution is -2.24. The summed E-state index contributed by atoms with van der Waals surface area (Å²) in [6.45, 7) is 2.14. The average molecular weight is 248 g/mol. The van der Waals surface area contributed by atoms with E-state index in [-0.39, 0.29) is 5.02 Å². The summed E-state index contributed by atoms with van der Waals surface area (Å²) in [6.07, 6.45) is 0. The minimum atomic E-state index is -0.665. The molecule has 5 heteroatoms. The molecule has 2 nitrogen and oxygen atoms in total. The Morgan fingerprint density at radius 1 is 1.60 bits per heavy atom. The minimum absolute atomic E-state index is 0.0634. The second-order valence-electron chi connectivity index (χ2n) is 3.43. The van der Waals surface area contributed by atoms with Gasteiger partial charge in [-0.05, 0) is 24.6 Å². The fourth-order valence-corrected chi connectivity index (χ4v) is 1.61. The van der Waals surface area contributed by atoms with Gasteiger partial charge in [-0.15, -0.1) is 0 Å². The van der Waals surface area contributed by atoms with Crippen LogP contribution < -0.4 is 0 Å². The van der Waals surface area contributed by atoms with Crippen LogP contribution in [0, 0.1) is 5.82 Å². The Morgan fingerprint density at radius 2 is 2.27 bits per heavy atom. The molecule has 82 valence electrons. The van der Waals surface area contributed by atoms with Crippen LogP contribution in [0.15, 0.2) is 22.6 Å². The molecule has 0 saturated carbocycles. The van der Waals surface area contributed by atoms with Crippen molar-refractivity contribution >= 4 is 24.0 Å². The van der Waals surface area contributed by atoms with Gasteiger partial charge in [-0.25, -0.2) is 8.75 Å². The number of ether oxygens (including phenoxy) is 1. The Kier molecular flexibility index (Phi) is 4.13. The summed E-state index contributed by atoms with van der Waals surface area (Å²) in [5, 5.41) is 0.0634. The molecule has 0 N–H and O–H groups in total. The molecule has 1 rings (SSSR count). The molecule has 1 aromatic carbocycles. The van der Waals surface area contributed by atoms with Crippen molar-refractivity contribution in [3.8, 4) is 0 Å². The summed E-state index contributed by atoms with van der Waals surface area (Å²) >= 11 is 10.4. The molecule has 0 spiro atoms. The molecule has 0 fully saturated rings. The van der Waals surface area contributed by atoms with E-state index in [0.717, 1.165) is 5.56 Å². The largest absolute Gasteiger partial charge is 0.382 e. The molecule has 0 bridgehead atoms. The zero-order valence-electron chi connectivity index (χ0n) is 8.46. The molecule has 0 amide bonds. The Bertz CT molecular complexity index is 374. The number of hydrogen-bond acceptors (Lipinski definition) is 3. The van der Waals surface area contributed by atoms with Crippen molar-refractivity contribution in [2.75, 3.05) is 13.7 Å². The number of hydrogen-bond donors (Lipinski definition) is 0. The smallest absolute Gasteiger partial charge is 0.141 e. The van der Waals surface area contributed by atoms with E-state index in [2.05, 4.69) is 4.36 Å². The summed E-state index contributed by atoms with van der Waals surface area (Å²) < 4.78 is 21.8. The van der Waals surface area contributed by atoms with Crippen molar-refractivity contribution in [3.63, 3.8) is 0 Å². The van der Waals surface area contributed by atoms with E-state index in [1.165, 1.54) is 12.1 Å². The van der Waals surface area contributed by atoms with Crippen molar-refractivity contribution in [2.45, 2.75) is 12.5 Å². The van der Waals surface area contributed by atoms with E-state index in [4.69, 9.17) is 28.8 Å². The van der Waals surface area contributed by atoms with Crippen LogP contribution in [0.5, 0.6) is 0 Å². The van der Waals surface area contributed by atoms with Crippen LogP contribution in [-0.4, -0.2) is 13.7 Å². The van der Waals surface area contributed by atoms with Gasteiger partial charge in [-0.3, -0.25) is 0 Å². The minimum Gasteiger partial charge on any atom is -0.382 e. The maximum atomic E-state index is 13.0. The normalized spacial score (nSPS) is 14.7. The monoisotopic (exact) mass is 247 g/mol. The van der Waals surface area contributed by atoms with Gasteiger partial charge < -0.3 is 4.74 Å². The van der Waals surface area contributed by atoms with Crippen molar-refractivity contribution in [1.82, 2.24) is 0 Å². The highest BCUT2D eigenvalue weighted by Gasteiger charge is 2.26. The molecule has 0 aliphatic carbocycles. The number of halogens is 2. The van der Waals surface area contributed by atoms with E-state index >= 15 is 0 Å². The Hall–Kier alpha value is -0.580. The van der Waals surface area contributed by atoms with Crippen molar-refractivity contribution in [3.05, 3.63) is 34.6 Å². The molecule has 15 heavy (non-hydrogen) atoms. The van der Waals surface area contributed by atoms with Gasteiger partial charge in [0.15, 0.2) is 0 Å². The third-order valence-electron chi connectivity index (χ3n) is 2.17.